The number of hydrogen-bond donors (Lipinski definition) is 2. The summed E-state index contributed by atoms with van der Waals surface area (Å²) in [6, 6.07) is 12.3. The van der Waals surface area contributed by atoms with Crippen molar-refractivity contribution in [2.24, 2.45) is 0 Å². The zero-order chi connectivity index (χ0) is 16.2. The van der Waals surface area contributed by atoms with E-state index in [9.17, 15) is 0 Å². The summed E-state index contributed by atoms with van der Waals surface area (Å²) in [7, 11) is 4.35. The zero-order valence-corrected chi connectivity index (χ0v) is 14.0. The van der Waals surface area contributed by atoms with E-state index in [1.54, 1.807) is 0 Å². The number of benzene rings is 1. The Morgan fingerprint density at radius 3 is 2.70 bits per heavy atom. The smallest absolute Gasteiger partial charge is 0.165 e. The summed E-state index contributed by atoms with van der Waals surface area (Å²) < 4.78 is 1.90. The highest BCUT2D eigenvalue weighted by molar-refractivity contribution is 5.78. The molecule has 0 unspecified atom stereocenters. The van der Waals surface area contributed by atoms with Crippen LogP contribution in [0.3, 0.4) is 0 Å². The number of hydrogen-bond acceptors (Lipinski definition) is 3. The summed E-state index contributed by atoms with van der Waals surface area (Å²) in [4.78, 5) is 6.15. The lowest BCUT2D eigenvalue weighted by Crippen LogP contribution is -3.05. The number of fused-ring (bicyclic) bond motifs is 1. The van der Waals surface area contributed by atoms with E-state index in [4.69, 9.17) is 0 Å². The van der Waals surface area contributed by atoms with E-state index < -0.39 is 0 Å². The fourth-order valence-corrected chi connectivity index (χ4v) is 2.69. The third-order valence-electron chi connectivity index (χ3n) is 3.84. The lowest BCUT2D eigenvalue weighted by Gasteiger charge is -2.11. The molecule has 2 heterocycles. The Morgan fingerprint density at radius 2 is 1.96 bits per heavy atom. The molecule has 0 bridgehead atoms. The molecule has 0 aliphatic heterocycles. The van der Waals surface area contributed by atoms with Crippen LogP contribution in [0.5, 0.6) is 0 Å². The standard InChI is InChI=1S/C18H23N5/c1-14-12-17(19-10-7-11-22(2)3)23-18(21-14)16(13-20-23)15-8-5-4-6-9-15/h4-6,8-9,12-13,19H,7,10-11H2,1-3H3/p+1. The molecule has 0 saturated carbocycles. The SMILES string of the molecule is Cc1cc(NCCC[NH+](C)C)n2ncc(-c3ccccc3)c2n1. The number of aromatic nitrogens is 3. The highest BCUT2D eigenvalue weighted by Gasteiger charge is 2.11. The first kappa shape index (κ1) is 15.5. The van der Waals surface area contributed by atoms with Crippen molar-refractivity contribution in [1.82, 2.24) is 14.6 Å². The van der Waals surface area contributed by atoms with Gasteiger partial charge in [-0.2, -0.15) is 9.61 Å². The monoisotopic (exact) mass is 310 g/mol. The summed E-state index contributed by atoms with van der Waals surface area (Å²) >= 11 is 0. The molecule has 2 N–H and O–H groups in total. The molecule has 120 valence electrons. The topological polar surface area (TPSA) is 46.7 Å². The van der Waals surface area contributed by atoms with Crippen molar-refractivity contribution in [2.75, 3.05) is 32.5 Å². The quantitative estimate of drug-likeness (QED) is 0.681. The third-order valence-corrected chi connectivity index (χ3v) is 3.84. The second-order valence-corrected chi connectivity index (χ2v) is 6.18. The Hall–Kier alpha value is -2.40. The van der Waals surface area contributed by atoms with Crippen molar-refractivity contribution in [3.63, 3.8) is 0 Å². The van der Waals surface area contributed by atoms with E-state index in [2.05, 4.69) is 47.7 Å². The number of nitrogens with zero attached hydrogens (tertiary/aromatic N) is 3. The zero-order valence-electron chi connectivity index (χ0n) is 14.0. The minimum atomic E-state index is 0.900. The van der Waals surface area contributed by atoms with Crippen LogP contribution >= 0.6 is 0 Å². The van der Waals surface area contributed by atoms with Crippen LogP contribution in [0.2, 0.25) is 0 Å². The highest BCUT2D eigenvalue weighted by Crippen LogP contribution is 2.25. The average Bonchev–Trinajstić information content (AvgIpc) is 2.95. The predicted octanol–water partition coefficient (Wildman–Crippen LogP) is 1.65. The van der Waals surface area contributed by atoms with Gasteiger partial charge in [-0.05, 0) is 12.5 Å². The predicted molar refractivity (Wildman–Crippen MR) is 93.9 cm³/mol. The summed E-state index contributed by atoms with van der Waals surface area (Å²) in [5, 5.41) is 8.03. The maximum absolute atomic E-state index is 4.69. The van der Waals surface area contributed by atoms with Gasteiger partial charge in [0.25, 0.3) is 0 Å². The van der Waals surface area contributed by atoms with Crippen molar-refractivity contribution in [2.45, 2.75) is 13.3 Å². The van der Waals surface area contributed by atoms with Crippen molar-refractivity contribution in [1.29, 1.82) is 0 Å². The van der Waals surface area contributed by atoms with Gasteiger partial charge in [0.15, 0.2) is 5.65 Å². The van der Waals surface area contributed by atoms with Crippen LogP contribution in [-0.2, 0) is 0 Å². The van der Waals surface area contributed by atoms with Gasteiger partial charge in [0.05, 0.1) is 26.8 Å². The number of quaternary nitrogens is 1. The Morgan fingerprint density at radius 1 is 1.17 bits per heavy atom. The summed E-state index contributed by atoms with van der Waals surface area (Å²) in [6.45, 7) is 4.11. The first-order valence-electron chi connectivity index (χ1n) is 8.09. The maximum atomic E-state index is 4.69. The molecule has 2 aromatic heterocycles. The van der Waals surface area contributed by atoms with Crippen LogP contribution in [0.15, 0.2) is 42.6 Å². The van der Waals surface area contributed by atoms with Crippen LogP contribution < -0.4 is 10.2 Å². The Balaban J connectivity index is 1.90. The molecule has 5 nitrogen and oxygen atoms in total. The van der Waals surface area contributed by atoms with Gasteiger partial charge in [-0.3, -0.25) is 0 Å². The molecule has 0 radical (unpaired) electrons. The molecule has 0 fully saturated rings. The van der Waals surface area contributed by atoms with Crippen LogP contribution in [-0.4, -0.2) is 41.8 Å². The van der Waals surface area contributed by atoms with Gasteiger partial charge in [-0.15, -0.1) is 0 Å². The first-order valence-corrected chi connectivity index (χ1v) is 8.09. The molecule has 0 saturated heterocycles. The Bertz CT molecular complexity index is 777. The van der Waals surface area contributed by atoms with Crippen LogP contribution in [0.4, 0.5) is 5.82 Å². The summed E-state index contributed by atoms with van der Waals surface area (Å²) in [6.07, 6.45) is 3.02. The molecule has 0 atom stereocenters. The van der Waals surface area contributed by atoms with Gasteiger partial charge in [0.1, 0.15) is 5.82 Å². The van der Waals surface area contributed by atoms with Crippen molar-refractivity contribution in [3.05, 3.63) is 48.3 Å². The molecule has 5 heteroatoms. The van der Waals surface area contributed by atoms with Crippen LogP contribution in [0, 0.1) is 6.92 Å². The molecule has 0 aliphatic carbocycles. The van der Waals surface area contributed by atoms with E-state index in [0.29, 0.717) is 0 Å². The van der Waals surface area contributed by atoms with Gasteiger partial charge < -0.3 is 10.2 Å². The minimum absolute atomic E-state index is 0.900. The van der Waals surface area contributed by atoms with Gasteiger partial charge in [-0.1, -0.05) is 30.3 Å². The van der Waals surface area contributed by atoms with E-state index in [0.717, 1.165) is 47.8 Å². The lowest BCUT2D eigenvalue weighted by atomic mass is 10.1. The van der Waals surface area contributed by atoms with Gasteiger partial charge in [0.2, 0.25) is 0 Å². The second kappa shape index (κ2) is 6.79. The fourth-order valence-electron chi connectivity index (χ4n) is 2.69. The van der Waals surface area contributed by atoms with Gasteiger partial charge in [0, 0.05) is 30.3 Å². The molecular formula is C18H24N5+. The molecular weight excluding hydrogens is 286 g/mol. The van der Waals surface area contributed by atoms with Gasteiger partial charge >= 0.3 is 0 Å². The first-order chi connectivity index (χ1) is 11.1. The summed E-state index contributed by atoms with van der Waals surface area (Å²) in [5.74, 6) is 1.00. The molecule has 0 spiro atoms. The van der Waals surface area contributed by atoms with Crippen LogP contribution in [0.1, 0.15) is 12.1 Å². The highest BCUT2D eigenvalue weighted by atomic mass is 15.3. The lowest BCUT2D eigenvalue weighted by molar-refractivity contribution is -0.858. The summed E-state index contributed by atoms with van der Waals surface area (Å²) in [5.41, 5.74) is 4.10. The molecule has 1 aromatic carbocycles. The molecule has 0 aliphatic rings. The van der Waals surface area contributed by atoms with Gasteiger partial charge in [-0.25, -0.2) is 4.98 Å². The van der Waals surface area contributed by atoms with Crippen molar-refractivity contribution in [3.8, 4) is 11.1 Å². The van der Waals surface area contributed by atoms with E-state index in [1.165, 1.54) is 4.90 Å². The number of rotatable bonds is 6. The largest absolute Gasteiger partial charge is 0.370 e. The van der Waals surface area contributed by atoms with E-state index in [1.807, 2.05) is 35.8 Å². The molecule has 3 aromatic rings. The molecule has 23 heavy (non-hydrogen) atoms. The normalized spacial score (nSPS) is 11.3. The van der Waals surface area contributed by atoms with Crippen molar-refractivity contribution >= 4 is 11.5 Å². The maximum Gasteiger partial charge on any atom is 0.165 e. The average molecular weight is 310 g/mol. The third kappa shape index (κ3) is 3.51. The number of anilines is 1. The number of nitrogens with one attached hydrogen (secondary N) is 2. The van der Waals surface area contributed by atoms with Crippen molar-refractivity contribution < 1.29 is 4.90 Å². The van der Waals surface area contributed by atoms with E-state index in [-0.39, 0.29) is 0 Å². The Labute approximate surface area is 137 Å². The Kier molecular flexibility index (Phi) is 4.57. The fraction of sp³-hybridized carbons (Fsp3) is 0.333. The van der Waals surface area contributed by atoms with Crippen LogP contribution in [0.25, 0.3) is 16.8 Å². The van der Waals surface area contributed by atoms with E-state index >= 15 is 0 Å². The second-order valence-electron chi connectivity index (χ2n) is 6.18. The minimum Gasteiger partial charge on any atom is -0.370 e. The molecule has 0 amide bonds. The number of aryl methyl sites for hydroxylation is 1. The molecule has 3 rings (SSSR count).